The average Bonchev–Trinajstić information content (AvgIpc) is 2.25. The van der Waals surface area contributed by atoms with E-state index < -0.39 is 0 Å². The highest BCUT2D eigenvalue weighted by Crippen LogP contribution is 2.19. The van der Waals surface area contributed by atoms with Gasteiger partial charge in [-0.1, -0.05) is 32.0 Å². The first-order chi connectivity index (χ1) is 7.68. The Morgan fingerprint density at radius 2 is 1.88 bits per heavy atom. The molecule has 0 aliphatic rings. The van der Waals surface area contributed by atoms with Crippen molar-refractivity contribution in [1.82, 2.24) is 0 Å². The fourth-order valence-electron chi connectivity index (χ4n) is 1.69. The van der Waals surface area contributed by atoms with Crippen molar-refractivity contribution in [2.24, 2.45) is 5.92 Å². The van der Waals surface area contributed by atoms with E-state index in [0.29, 0.717) is 5.92 Å². The van der Waals surface area contributed by atoms with Crippen LogP contribution in [0.1, 0.15) is 33.1 Å². The van der Waals surface area contributed by atoms with E-state index in [1.54, 1.807) is 0 Å². The van der Waals surface area contributed by atoms with Crippen LogP contribution >= 0.6 is 11.8 Å². The summed E-state index contributed by atoms with van der Waals surface area (Å²) in [6, 6.07) is 10.4. The molecule has 0 aliphatic carbocycles. The van der Waals surface area contributed by atoms with Crippen LogP contribution in [0.15, 0.2) is 35.2 Å². The number of aliphatic hydroxyl groups excluding tert-OH is 1. The van der Waals surface area contributed by atoms with Crippen LogP contribution in [-0.4, -0.2) is 17.0 Å². The zero-order chi connectivity index (χ0) is 11.8. The Bertz CT molecular complexity index is 271. The molecule has 2 heteroatoms. The van der Waals surface area contributed by atoms with Crippen LogP contribution in [0.5, 0.6) is 0 Å². The summed E-state index contributed by atoms with van der Waals surface area (Å²) in [5, 5.41) is 9.71. The first-order valence-corrected chi connectivity index (χ1v) is 7.03. The molecule has 1 N–H and O–H groups in total. The normalized spacial score (nSPS) is 13.0. The second-order valence-corrected chi connectivity index (χ2v) is 5.76. The Labute approximate surface area is 103 Å². The maximum Gasteiger partial charge on any atom is 0.0543 e. The van der Waals surface area contributed by atoms with Crippen LogP contribution in [-0.2, 0) is 0 Å². The maximum absolute atomic E-state index is 9.71. The summed E-state index contributed by atoms with van der Waals surface area (Å²) in [7, 11) is 0. The van der Waals surface area contributed by atoms with E-state index in [0.717, 1.165) is 25.0 Å². The van der Waals surface area contributed by atoms with E-state index in [1.807, 2.05) is 17.8 Å². The molecule has 1 aromatic rings. The largest absolute Gasteiger partial charge is 0.393 e. The molecule has 0 radical (unpaired) electrons. The molecular formula is C14H22OS. The molecule has 0 aromatic heterocycles. The Kier molecular flexibility index (Phi) is 6.58. The van der Waals surface area contributed by atoms with Crippen molar-refractivity contribution in [2.75, 3.05) is 5.75 Å². The molecule has 0 fully saturated rings. The van der Waals surface area contributed by atoms with Crippen LogP contribution in [0.25, 0.3) is 0 Å². The van der Waals surface area contributed by atoms with E-state index >= 15 is 0 Å². The van der Waals surface area contributed by atoms with Crippen LogP contribution in [0.4, 0.5) is 0 Å². The van der Waals surface area contributed by atoms with Gasteiger partial charge in [0.15, 0.2) is 0 Å². The number of aliphatic hydroxyl groups is 1. The Hall–Kier alpha value is -0.470. The Morgan fingerprint density at radius 1 is 1.19 bits per heavy atom. The quantitative estimate of drug-likeness (QED) is 0.573. The minimum atomic E-state index is -0.114. The number of hydrogen-bond acceptors (Lipinski definition) is 2. The molecule has 0 amide bonds. The first-order valence-electron chi connectivity index (χ1n) is 6.04. The number of benzene rings is 1. The third kappa shape index (κ3) is 6.19. The molecule has 1 nitrogen and oxygen atoms in total. The summed E-state index contributed by atoms with van der Waals surface area (Å²) in [5.41, 5.74) is 0. The van der Waals surface area contributed by atoms with Crippen LogP contribution in [0, 0.1) is 5.92 Å². The van der Waals surface area contributed by atoms with Gasteiger partial charge in [0.25, 0.3) is 0 Å². The van der Waals surface area contributed by atoms with Crippen molar-refractivity contribution in [2.45, 2.75) is 44.1 Å². The summed E-state index contributed by atoms with van der Waals surface area (Å²) in [4.78, 5) is 1.32. The Balaban J connectivity index is 2.08. The van der Waals surface area contributed by atoms with Crippen molar-refractivity contribution in [3.8, 4) is 0 Å². The first kappa shape index (κ1) is 13.6. The highest BCUT2D eigenvalue weighted by Gasteiger charge is 2.06. The summed E-state index contributed by atoms with van der Waals surface area (Å²) in [6.07, 6.45) is 2.83. The monoisotopic (exact) mass is 238 g/mol. The van der Waals surface area contributed by atoms with Gasteiger partial charge in [0.2, 0.25) is 0 Å². The molecule has 1 atom stereocenters. The van der Waals surface area contributed by atoms with Crippen molar-refractivity contribution >= 4 is 11.8 Å². The van der Waals surface area contributed by atoms with Gasteiger partial charge in [-0.3, -0.25) is 0 Å². The van der Waals surface area contributed by atoms with Gasteiger partial charge in [-0.05, 0) is 43.1 Å². The van der Waals surface area contributed by atoms with Gasteiger partial charge in [0.05, 0.1) is 6.10 Å². The second-order valence-electron chi connectivity index (χ2n) is 4.59. The van der Waals surface area contributed by atoms with Gasteiger partial charge in [0, 0.05) is 4.90 Å². The average molecular weight is 238 g/mol. The molecule has 0 bridgehead atoms. The molecule has 0 heterocycles. The molecule has 1 aromatic carbocycles. The van der Waals surface area contributed by atoms with Crippen molar-refractivity contribution in [1.29, 1.82) is 0 Å². The molecular weight excluding hydrogens is 216 g/mol. The third-order valence-corrected chi connectivity index (χ3v) is 3.54. The second kappa shape index (κ2) is 7.75. The highest BCUT2D eigenvalue weighted by molar-refractivity contribution is 7.99. The topological polar surface area (TPSA) is 20.2 Å². The fourth-order valence-corrected chi connectivity index (χ4v) is 2.58. The van der Waals surface area contributed by atoms with Crippen LogP contribution in [0.2, 0.25) is 0 Å². The van der Waals surface area contributed by atoms with Gasteiger partial charge in [-0.2, -0.15) is 0 Å². The molecule has 1 unspecified atom stereocenters. The van der Waals surface area contributed by atoms with E-state index in [4.69, 9.17) is 0 Å². The predicted octanol–water partition coefficient (Wildman–Crippen LogP) is 3.97. The van der Waals surface area contributed by atoms with E-state index in [1.165, 1.54) is 4.90 Å². The molecule has 0 spiro atoms. The summed E-state index contributed by atoms with van der Waals surface area (Å²) in [6.45, 7) is 4.31. The molecule has 0 saturated carbocycles. The number of hydrogen-bond donors (Lipinski definition) is 1. The van der Waals surface area contributed by atoms with Gasteiger partial charge in [-0.25, -0.2) is 0 Å². The third-order valence-electron chi connectivity index (χ3n) is 2.44. The molecule has 16 heavy (non-hydrogen) atoms. The summed E-state index contributed by atoms with van der Waals surface area (Å²) >= 11 is 1.87. The lowest BCUT2D eigenvalue weighted by atomic mass is 10.0. The smallest absolute Gasteiger partial charge is 0.0543 e. The van der Waals surface area contributed by atoms with Crippen molar-refractivity contribution < 1.29 is 5.11 Å². The maximum atomic E-state index is 9.71. The van der Waals surface area contributed by atoms with Gasteiger partial charge >= 0.3 is 0 Å². The zero-order valence-electron chi connectivity index (χ0n) is 10.2. The number of rotatable bonds is 7. The number of thioether (sulfide) groups is 1. The van der Waals surface area contributed by atoms with Gasteiger partial charge < -0.3 is 5.11 Å². The SMILES string of the molecule is CC(C)CC(O)CCCSc1ccccc1. The lowest BCUT2D eigenvalue weighted by molar-refractivity contribution is 0.139. The van der Waals surface area contributed by atoms with E-state index in [9.17, 15) is 5.11 Å². The Morgan fingerprint density at radius 3 is 2.50 bits per heavy atom. The van der Waals surface area contributed by atoms with Crippen molar-refractivity contribution in [3.63, 3.8) is 0 Å². The van der Waals surface area contributed by atoms with Crippen LogP contribution in [0.3, 0.4) is 0 Å². The molecule has 1 rings (SSSR count). The summed E-state index contributed by atoms with van der Waals surface area (Å²) in [5.74, 6) is 1.69. The molecule has 90 valence electrons. The predicted molar refractivity (Wildman–Crippen MR) is 71.9 cm³/mol. The zero-order valence-corrected chi connectivity index (χ0v) is 11.0. The minimum absolute atomic E-state index is 0.114. The summed E-state index contributed by atoms with van der Waals surface area (Å²) < 4.78 is 0. The fraction of sp³-hybridized carbons (Fsp3) is 0.571. The lowest BCUT2D eigenvalue weighted by Crippen LogP contribution is -2.10. The standard InChI is InChI=1S/C14H22OS/c1-12(2)11-13(15)7-6-10-16-14-8-4-3-5-9-14/h3-5,8-9,12-13,15H,6-7,10-11H2,1-2H3. The van der Waals surface area contributed by atoms with Gasteiger partial charge in [-0.15, -0.1) is 11.8 Å². The molecule has 0 aliphatic heterocycles. The highest BCUT2D eigenvalue weighted by atomic mass is 32.2. The van der Waals surface area contributed by atoms with Crippen LogP contribution < -0.4 is 0 Å². The van der Waals surface area contributed by atoms with E-state index in [-0.39, 0.29) is 6.10 Å². The van der Waals surface area contributed by atoms with Gasteiger partial charge in [0.1, 0.15) is 0 Å². The van der Waals surface area contributed by atoms with E-state index in [2.05, 4.69) is 38.1 Å². The van der Waals surface area contributed by atoms with Crippen molar-refractivity contribution in [3.05, 3.63) is 30.3 Å². The molecule has 0 saturated heterocycles. The minimum Gasteiger partial charge on any atom is -0.393 e. The lowest BCUT2D eigenvalue weighted by Gasteiger charge is -2.12.